The van der Waals surface area contributed by atoms with E-state index in [2.05, 4.69) is 37.2 Å². The molecule has 2 aliphatic rings. The molecule has 47 heavy (non-hydrogen) atoms. The van der Waals surface area contributed by atoms with Crippen LogP contribution in [-0.4, -0.2) is 113 Å². The first kappa shape index (κ1) is 32.2. The Kier molecular flexibility index (Phi) is 10.1. The number of anilines is 2. The fourth-order valence-corrected chi connectivity index (χ4v) is 6.06. The Morgan fingerprint density at radius 3 is 2.68 bits per heavy atom. The molecule has 4 aromatic rings. The lowest BCUT2D eigenvalue weighted by atomic mass is 10.1. The minimum absolute atomic E-state index is 0.103. The number of piperidine rings is 1. The summed E-state index contributed by atoms with van der Waals surface area (Å²) in [6.45, 7) is 5.96. The van der Waals surface area contributed by atoms with Crippen molar-refractivity contribution < 1.29 is 13.9 Å². The van der Waals surface area contributed by atoms with Gasteiger partial charge in [0.1, 0.15) is 30.1 Å². The Hall–Kier alpha value is -4.80. The van der Waals surface area contributed by atoms with Gasteiger partial charge < -0.3 is 24.8 Å². The fourth-order valence-electron chi connectivity index (χ4n) is 6.06. The zero-order valence-corrected chi connectivity index (χ0v) is 27.0. The average molecular weight is 641 g/mol. The third kappa shape index (κ3) is 7.78. The van der Waals surface area contributed by atoms with Gasteiger partial charge in [-0.25, -0.2) is 15.0 Å². The molecule has 0 radical (unpaired) electrons. The normalized spacial score (nSPS) is 17.2. The molecule has 0 saturated carbocycles. The van der Waals surface area contributed by atoms with Gasteiger partial charge in [-0.15, -0.1) is 0 Å². The van der Waals surface area contributed by atoms with Crippen molar-refractivity contribution in [3.05, 3.63) is 66.2 Å². The summed E-state index contributed by atoms with van der Waals surface area (Å²) in [7, 11) is 4.05. The van der Waals surface area contributed by atoms with E-state index in [-0.39, 0.29) is 30.0 Å². The molecule has 3 aromatic heterocycles. The molecule has 13 heteroatoms. The first-order valence-corrected chi connectivity index (χ1v) is 16.1. The lowest BCUT2D eigenvalue weighted by Crippen LogP contribution is -2.47. The number of pyridine rings is 1. The number of hydrogen-bond donors (Lipinski definition) is 1. The Morgan fingerprint density at radius 1 is 1.11 bits per heavy atom. The van der Waals surface area contributed by atoms with Crippen molar-refractivity contribution in [1.82, 2.24) is 34.1 Å². The highest BCUT2D eigenvalue weighted by molar-refractivity contribution is 5.78. The number of halogens is 1. The van der Waals surface area contributed by atoms with E-state index in [1.807, 2.05) is 66.0 Å². The Labute approximate surface area is 274 Å². The van der Waals surface area contributed by atoms with E-state index in [4.69, 9.17) is 15.0 Å². The van der Waals surface area contributed by atoms with Crippen LogP contribution in [0.4, 0.5) is 16.0 Å². The molecule has 1 amide bonds. The van der Waals surface area contributed by atoms with E-state index >= 15 is 4.39 Å². The van der Waals surface area contributed by atoms with Crippen molar-refractivity contribution in [2.24, 2.45) is 0 Å². The molecule has 246 valence electrons. The van der Waals surface area contributed by atoms with Gasteiger partial charge in [-0.3, -0.25) is 14.1 Å². The van der Waals surface area contributed by atoms with Gasteiger partial charge in [0.15, 0.2) is 17.5 Å². The summed E-state index contributed by atoms with van der Waals surface area (Å²) in [6, 6.07) is 15.7. The quantitative estimate of drug-likeness (QED) is 0.261. The predicted molar refractivity (Wildman–Crippen MR) is 178 cm³/mol. The topological polar surface area (TPSA) is 118 Å². The van der Waals surface area contributed by atoms with Crippen LogP contribution in [0.2, 0.25) is 0 Å². The van der Waals surface area contributed by atoms with Crippen LogP contribution < -0.4 is 15.0 Å². The summed E-state index contributed by atoms with van der Waals surface area (Å²) in [5.41, 5.74) is 2.60. The number of ether oxygens (including phenoxy) is 1. The van der Waals surface area contributed by atoms with Gasteiger partial charge in [0, 0.05) is 64.6 Å². The van der Waals surface area contributed by atoms with Crippen molar-refractivity contribution in [2.45, 2.75) is 31.8 Å². The molecule has 2 aliphatic heterocycles. The van der Waals surface area contributed by atoms with Gasteiger partial charge in [0.05, 0.1) is 12.3 Å². The number of benzene rings is 1. The molecule has 0 spiro atoms. The Balaban J connectivity index is 1.18. The number of nitrogens with zero attached hydrogens (tertiary/aromatic N) is 9. The number of carbonyl (C=O) groups excluding carboxylic acids is 1. The maximum absolute atomic E-state index is 16.3. The van der Waals surface area contributed by atoms with Crippen molar-refractivity contribution in [2.75, 3.05) is 76.7 Å². The van der Waals surface area contributed by atoms with E-state index in [1.54, 1.807) is 11.1 Å². The van der Waals surface area contributed by atoms with E-state index < -0.39 is 5.82 Å². The van der Waals surface area contributed by atoms with E-state index in [1.165, 1.54) is 5.56 Å². The third-order valence-corrected chi connectivity index (χ3v) is 8.63. The predicted octanol–water partition coefficient (Wildman–Crippen LogP) is 3.51. The number of rotatable bonds is 11. The zero-order chi connectivity index (χ0) is 32.8. The highest BCUT2D eigenvalue weighted by atomic mass is 19.1. The van der Waals surface area contributed by atoms with Gasteiger partial charge in [0.25, 0.3) is 0 Å². The maximum Gasteiger partial charge on any atom is 0.236 e. The second-order valence-corrected chi connectivity index (χ2v) is 12.3. The van der Waals surface area contributed by atoms with E-state index in [9.17, 15) is 4.79 Å². The zero-order valence-electron chi connectivity index (χ0n) is 27.0. The number of likely N-dealkylation sites (tertiary alicyclic amines) is 1. The van der Waals surface area contributed by atoms with E-state index in [0.717, 1.165) is 50.4 Å². The van der Waals surface area contributed by atoms with Crippen molar-refractivity contribution in [3.8, 4) is 23.3 Å². The minimum Gasteiger partial charge on any atom is -0.492 e. The van der Waals surface area contributed by atoms with Crippen molar-refractivity contribution in [3.63, 3.8) is 0 Å². The van der Waals surface area contributed by atoms with Gasteiger partial charge in [0.2, 0.25) is 11.7 Å². The number of fused-ring (bicyclic) bond motifs is 1. The molecule has 12 nitrogen and oxygen atoms in total. The molecule has 0 aliphatic carbocycles. The molecule has 1 N–H and O–H groups in total. The standard InChI is InChI=1S/C34H41FN10O2/c1-41(2)20-21-47-27-10-8-25(9-11-27)23-42-16-18-43(19-17-42)34-31(35)33(38-26-6-5-14-44(24-26)30(46)12-13-36)39-32(40-34)28-22-37-29-7-3-4-15-45(28)29/h3-4,7-11,15,22,26H,5-6,12,14,16-21,23-24H2,1-2H3,(H,38,39,40)/t26-/m1/s1. The number of amides is 1. The average Bonchev–Trinajstić information content (AvgIpc) is 3.51. The van der Waals surface area contributed by atoms with E-state index in [0.29, 0.717) is 44.3 Å². The Bertz CT molecular complexity index is 1710. The summed E-state index contributed by atoms with van der Waals surface area (Å²) >= 11 is 0. The fraction of sp³-hybridized carbons (Fsp3) is 0.441. The van der Waals surface area contributed by atoms with Crippen LogP contribution >= 0.6 is 0 Å². The summed E-state index contributed by atoms with van der Waals surface area (Å²) in [6.07, 6.45) is 4.93. The molecule has 1 atom stereocenters. The van der Waals surface area contributed by atoms with Crippen LogP contribution in [0.3, 0.4) is 0 Å². The molecule has 2 saturated heterocycles. The lowest BCUT2D eigenvalue weighted by molar-refractivity contribution is -0.131. The van der Waals surface area contributed by atoms with Crippen molar-refractivity contribution >= 4 is 23.2 Å². The first-order valence-electron chi connectivity index (χ1n) is 16.1. The number of nitriles is 1. The molecule has 6 rings (SSSR count). The van der Waals surface area contributed by atoms with Crippen LogP contribution in [0.1, 0.15) is 24.8 Å². The number of nitrogens with one attached hydrogen (secondary N) is 1. The third-order valence-electron chi connectivity index (χ3n) is 8.63. The smallest absolute Gasteiger partial charge is 0.236 e. The van der Waals surface area contributed by atoms with Crippen molar-refractivity contribution in [1.29, 1.82) is 5.26 Å². The van der Waals surface area contributed by atoms with Gasteiger partial charge in [-0.05, 0) is 56.8 Å². The highest BCUT2D eigenvalue weighted by Crippen LogP contribution is 2.30. The minimum atomic E-state index is -0.513. The molecule has 1 aromatic carbocycles. The second kappa shape index (κ2) is 14.7. The van der Waals surface area contributed by atoms with Gasteiger partial charge in [-0.1, -0.05) is 18.2 Å². The first-order chi connectivity index (χ1) is 22.9. The molecular formula is C34H41FN10O2. The number of likely N-dealkylation sites (N-methyl/N-ethyl adjacent to an activating group) is 1. The van der Waals surface area contributed by atoms with Gasteiger partial charge in [-0.2, -0.15) is 9.65 Å². The SMILES string of the molecule is CN(C)CCOc1ccc(CN2CCN(c3nc(-c4cnc5ccccn45)nc(N[C@@H]4CCCN(C(=O)CC#N)C4)c3F)CC2)cc1. The Morgan fingerprint density at radius 2 is 1.91 bits per heavy atom. The summed E-state index contributed by atoms with van der Waals surface area (Å²) in [5, 5.41) is 12.3. The van der Waals surface area contributed by atoms with Crippen LogP contribution in [0.5, 0.6) is 5.75 Å². The number of piperazine rings is 1. The molecular weight excluding hydrogens is 599 g/mol. The summed E-state index contributed by atoms with van der Waals surface area (Å²) in [4.78, 5) is 34.4. The molecule has 5 heterocycles. The largest absolute Gasteiger partial charge is 0.492 e. The summed E-state index contributed by atoms with van der Waals surface area (Å²) < 4.78 is 24.1. The maximum atomic E-state index is 16.3. The van der Waals surface area contributed by atoms with Crippen LogP contribution in [0.15, 0.2) is 54.9 Å². The number of imidazole rings is 1. The van der Waals surface area contributed by atoms with Gasteiger partial charge >= 0.3 is 0 Å². The summed E-state index contributed by atoms with van der Waals surface area (Å²) in [5.74, 6) is 0.853. The highest BCUT2D eigenvalue weighted by Gasteiger charge is 2.29. The molecule has 2 fully saturated rings. The second-order valence-electron chi connectivity index (χ2n) is 12.3. The van der Waals surface area contributed by atoms with Crippen LogP contribution in [-0.2, 0) is 11.3 Å². The number of hydrogen-bond acceptors (Lipinski definition) is 10. The van der Waals surface area contributed by atoms with Crippen LogP contribution in [0, 0.1) is 17.1 Å². The molecule has 0 bridgehead atoms. The van der Waals surface area contributed by atoms with Crippen LogP contribution in [0.25, 0.3) is 17.2 Å². The molecule has 0 unspecified atom stereocenters. The number of aromatic nitrogens is 4. The number of carbonyl (C=O) groups is 1. The lowest BCUT2D eigenvalue weighted by Gasteiger charge is -2.36. The monoisotopic (exact) mass is 640 g/mol.